The highest BCUT2D eigenvalue weighted by Gasteiger charge is 2.19. The van der Waals surface area contributed by atoms with E-state index in [9.17, 15) is 14.4 Å². The van der Waals surface area contributed by atoms with Crippen molar-refractivity contribution in [1.29, 1.82) is 0 Å². The van der Waals surface area contributed by atoms with Gasteiger partial charge in [-0.3, -0.25) is 14.4 Å². The number of ether oxygens (including phenoxy) is 3. The van der Waals surface area contributed by atoms with Crippen LogP contribution in [0.15, 0.2) is 12.2 Å². The van der Waals surface area contributed by atoms with Gasteiger partial charge in [-0.15, -0.1) is 0 Å². The minimum atomic E-state index is -0.761. The van der Waals surface area contributed by atoms with Crippen molar-refractivity contribution >= 4 is 17.9 Å². The van der Waals surface area contributed by atoms with Crippen molar-refractivity contribution in [3.05, 3.63) is 12.2 Å². The number of hydrogen-bond acceptors (Lipinski definition) is 6. The van der Waals surface area contributed by atoms with Gasteiger partial charge in [-0.25, -0.2) is 0 Å². The lowest BCUT2D eigenvalue weighted by Crippen LogP contribution is -2.30. The summed E-state index contributed by atoms with van der Waals surface area (Å²) in [5, 5.41) is 0. The molecule has 6 nitrogen and oxygen atoms in total. The highest BCUT2D eigenvalue weighted by molar-refractivity contribution is 5.71. The van der Waals surface area contributed by atoms with E-state index in [1.807, 2.05) is 0 Å². The summed E-state index contributed by atoms with van der Waals surface area (Å²) in [5.74, 6) is -0.873. The van der Waals surface area contributed by atoms with Crippen molar-refractivity contribution < 1.29 is 28.6 Å². The van der Waals surface area contributed by atoms with Gasteiger partial charge in [0.25, 0.3) is 0 Å². The average molecular weight is 735 g/mol. The molecular weight excluding hydrogens is 648 g/mol. The molecule has 1 unspecified atom stereocenters. The zero-order valence-corrected chi connectivity index (χ0v) is 34.8. The zero-order chi connectivity index (χ0) is 38.0. The average Bonchev–Trinajstić information content (AvgIpc) is 3.14. The third-order valence-corrected chi connectivity index (χ3v) is 10.0. The summed E-state index contributed by atoms with van der Waals surface area (Å²) in [6.07, 6.45) is 43.4. The summed E-state index contributed by atoms with van der Waals surface area (Å²) in [7, 11) is 0. The second-order valence-corrected chi connectivity index (χ2v) is 15.3. The summed E-state index contributed by atoms with van der Waals surface area (Å²) in [5.41, 5.74) is 0. The fourth-order valence-corrected chi connectivity index (χ4v) is 6.55. The molecule has 306 valence electrons. The van der Waals surface area contributed by atoms with Gasteiger partial charge in [0.15, 0.2) is 6.10 Å². The van der Waals surface area contributed by atoms with Gasteiger partial charge in [0.05, 0.1) is 0 Å². The van der Waals surface area contributed by atoms with Crippen molar-refractivity contribution in [3.63, 3.8) is 0 Å². The molecule has 0 spiro atoms. The fraction of sp³-hybridized carbons (Fsp3) is 0.891. The minimum absolute atomic E-state index is 0.0679. The molecule has 0 fully saturated rings. The van der Waals surface area contributed by atoms with Gasteiger partial charge in [0, 0.05) is 19.3 Å². The topological polar surface area (TPSA) is 78.9 Å². The number of rotatable bonds is 41. The summed E-state index contributed by atoms with van der Waals surface area (Å²) in [6.45, 7) is 6.59. The van der Waals surface area contributed by atoms with Gasteiger partial charge in [0.2, 0.25) is 0 Å². The molecule has 1 atom stereocenters. The second kappa shape index (κ2) is 41.9. The minimum Gasteiger partial charge on any atom is -0.462 e. The Kier molecular flexibility index (Phi) is 40.4. The summed E-state index contributed by atoms with van der Waals surface area (Å²) in [4.78, 5) is 37.5. The zero-order valence-electron chi connectivity index (χ0n) is 34.8. The molecule has 0 aliphatic carbocycles. The van der Waals surface area contributed by atoms with E-state index in [1.165, 1.54) is 148 Å². The van der Waals surface area contributed by atoms with Crippen molar-refractivity contribution in [2.45, 2.75) is 252 Å². The Morgan fingerprint density at radius 2 is 0.635 bits per heavy atom. The van der Waals surface area contributed by atoms with Crippen LogP contribution in [0.25, 0.3) is 0 Å². The van der Waals surface area contributed by atoms with E-state index in [0.29, 0.717) is 19.3 Å². The molecule has 6 heteroatoms. The van der Waals surface area contributed by atoms with E-state index in [1.54, 1.807) is 0 Å². The largest absolute Gasteiger partial charge is 0.462 e. The maximum absolute atomic E-state index is 12.6. The van der Waals surface area contributed by atoms with Crippen LogP contribution >= 0.6 is 0 Å². The highest BCUT2D eigenvalue weighted by Crippen LogP contribution is 2.14. The Balaban J connectivity index is 4.24. The van der Waals surface area contributed by atoms with Crippen LogP contribution in [0.2, 0.25) is 0 Å². The first-order valence-corrected chi connectivity index (χ1v) is 22.7. The summed E-state index contributed by atoms with van der Waals surface area (Å²) in [6, 6.07) is 0. The number of hydrogen-bond donors (Lipinski definition) is 0. The van der Waals surface area contributed by atoms with Crippen molar-refractivity contribution in [3.8, 4) is 0 Å². The molecule has 0 amide bonds. The number of esters is 3. The van der Waals surface area contributed by atoms with E-state index in [0.717, 1.165) is 57.8 Å². The summed E-state index contributed by atoms with van der Waals surface area (Å²) >= 11 is 0. The summed E-state index contributed by atoms with van der Waals surface area (Å²) < 4.78 is 16.6. The van der Waals surface area contributed by atoms with Gasteiger partial charge in [-0.05, 0) is 44.9 Å². The molecule has 0 N–H and O–H groups in total. The lowest BCUT2D eigenvalue weighted by Gasteiger charge is -2.18. The van der Waals surface area contributed by atoms with E-state index < -0.39 is 6.10 Å². The smallest absolute Gasteiger partial charge is 0.306 e. The first-order chi connectivity index (χ1) is 25.5. The molecule has 0 aliphatic heterocycles. The first kappa shape index (κ1) is 50.1. The maximum atomic E-state index is 12.6. The molecule has 0 radical (unpaired) electrons. The molecule has 0 bridgehead atoms. The van der Waals surface area contributed by atoms with Crippen LogP contribution in [-0.2, 0) is 28.6 Å². The molecular formula is C46H86O6. The number of unbranched alkanes of at least 4 members (excludes halogenated alkanes) is 28. The predicted molar refractivity (Wildman–Crippen MR) is 220 cm³/mol. The molecule has 0 heterocycles. The molecule has 0 aromatic carbocycles. The SMILES string of the molecule is CCCCCCCC/C=C\CCCCCCCCCC(=O)OCC(COC(=O)CCCCCCCCCC)OC(=O)CCCCCCCCCCC. The van der Waals surface area contributed by atoms with E-state index >= 15 is 0 Å². The maximum Gasteiger partial charge on any atom is 0.306 e. The standard InChI is InChI=1S/C46H86O6/c1-4-7-10-13-16-19-20-21-22-23-24-25-26-28-30-33-36-39-45(48)51-42-43(41-50-44(47)38-35-32-29-18-15-12-9-6-3)52-46(49)40-37-34-31-27-17-14-11-8-5-2/h21-22,43H,4-20,23-42H2,1-3H3/b22-21-. The number of allylic oxidation sites excluding steroid dienone is 2. The Morgan fingerprint density at radius 3 is 0.962 bits per heavy atom. The monoisotopic (exact) mass is 735 g/mol. The van der Waals surface area contributed by atoms with Crippen LogP contribution < -0.4 is 0 Å². The molecule has 0 rings (SSSR count). The van der Waals surface area contributed by atoms with Crippen molar-refractivity contribution in [2.24, 2.45) is 0 Å². The molecule has 0 aromatic rings. The Hall–Kier alpha value is -1.85. The lowest BCUT2D eigenvalue weighted by atomic mass is 10.1. The van der Waals surface area contributed by atoms with Crippen LogP contribution in [0.5, 0.6) is 0 Å². The molecule has 0 saturated carbocycles. The van der Waals surface area contributed by atoms with Crippen molar-refractivity contribution in [2.75, 3.05) is 13.2 Å². The second-order valence-electron chi connectivity index (χ2n) is 15.3. The highest BCUT2D eigenvalue weighted by atomic mass is 16.6. The van der Waals surface area contributed by atoms with Crippen LogP contribution in [0, 0.1) is 0 Å². The van der Waals surface area contributed by atoms with E-state index in [-0.39, 0.29) is 31.1 Å². The van der Waals surface area contributed by atoms with Crippen LogP contribution in [0.3, 0.4) is 0 Å². The van der Waals surface area contributed by atoms with Crippen molar-refractivity contribution in [1.82, 2.24) is 0 Å². The van der Waals surface area contributed by atoms with Crippen LogP contribution in [-0.4, -0.2) is 37.2 Å². The van der Waals surface area contributed by atoms with Gasteiger partial charge >= 0.3 is 17.9 Å². The van der Waals surface area contributed by atoms with Gasteiger partial charge in [-0.2, -0.15) is 0 Å². The number of carbonyl (C=O) groups is 3. The van der Waals surface area contributed by atoms with E-state index in [2.05, 4.69) is 32.9 Å². The van der Waals surface area contributed by atoms with Crippen LogP contribution in [0.4, 0.5) is 0 Å². The lowest BCUT2D eigenvalue weighted by molar-refractivity contribution is -0.167. The normalized spacial score (nSPS) is 12.0. The Morgan fingerprint density at radius 1 is 0.365 bits per heavy atom. The molecule has 0 saturated heterocycles. The third kappa shape index (κ3) is 39.4. The fourth-order valence-electron chi connectivity index (χ4n) is 6.55. The van der Waals surface area contributed by atoms with E-state index in [4.69, 9.17) is 14.2 Å². The Bertz CT molecular complexity index is 809. The quantitative estimate of drug-likeness (QED) is 0.0269. The third-order valence-electron chi connectivity index (χ3n) is 10.0. The van der Waals surface area contributed by atoms with Crippen LogP contribution in [0.1, 0.15) is 245 Å². The first-order valence-electron chi connectivity index (χ1n) is 22.7. The van der Waals surface area contributed by atoms with Gasteiger partial charge in [0.1, 0.15) is 13.2 Å². The Labute approximate surface area is 322 Å². The molecule has 0 aromatic heterocycles. The molecule has 52 heavy (non-hydrogen) atoms. The van der Waals surface area contributed by atoms with Gasteiger partial charge < -0.3 is 14.2 Å². The van der Waals surface area contributed by atoms with Gasteiger partial charge in [-0.1, -0.05) is 193 Å². The number of carbonyl (C=O) groups excluding carboxylic acids is 3. The predicted octanol–water partition coefficient (Wildman–Crippen LogP) is 14.3. The molecule has 0 aliphatic rings.